The lowest BCUT2D eigenvalue weighted by Crippen LogP contribution is -2.28. The number of unbranched alkanes of at least 4 members (excludes halogenated alkanes) is 1. The average molecular weight is 211 g/mol. The zero-order chi connectivity index (χ0) is 11.4. The van der Waals surface area contributed by atoms with Crippen LogP contribution in [-0.4, -0.2) is 23.8 Å². The lowest BCUT2D eigenvalue weighted by atomic mass is 9.85. The molecule has 1 rings (SSSR count). The fourth-order valence-electron chi connectivity index (χ4n) is 2.31. The van der Waals surface area contributed by atoms with E-state index in [-0.39, 0.29) is 17.7 Å². The Bertz CT molecular complexity index is 250. The summed E-state index contributed by atoms with van der Waals surface area (Å²) in [6.07, 6.45) is 4.81. The quantitative estimate of drug-likeness (QED) is 0.654. The van der Waals surface area contributed by atoms with Gasteiger partial charge in [0.1, 0.15) is 0 Å². The third kappa shape index (κ3) is 2.58. The SMILES string of the molecule is CCCCC(CC)C1CC(=O)N(C)C1=O. The number of amides is 2. The first-order valence-corrected chi connectivity index (χ1v) is 5.92. The summed E-state index contributed by atoms with van der Waals surface area (Å²) in [5.41, 5.74) is 0. The second-order valence-electron chi connectivity index (χ2n) is 4.41. The van der Waals surface area contributed by atoms with E-state index in [0.29, 0.717) is 12.3 Å². The first-order chi connectivity index (χ1) is 7.11. The van der Waals surface area contributed by atoms with Gasteiger partial charge >= 0.3 is 0 Å². The van der Waals surface area contributed by atoms with Gasteiger partial charge < -0.3 is 0 Å². The Hall–Kier alpha value is -0.860. The van der Waals surface area contributed by atoms with Gasteiger partial charge in [-0.25, -0.2) is 0 Å². The summed E-state index contributed by atoms with van der Waals surface area (Å²) in [5.74, 6) is 0.369. The third-order valence-corrected chi connectivity index (χ3v) is 3.44. The van der Waals surface area contributed by atoms with E-state index in [1.165, 1.54) is 4.90 Å². The molecule has 0 aromatic carbocycles. The molecule has 86 valence electrons. The highest BCUT2D eigenvalue weighted by Crippen LogP contribution is 2.31. The Balaban J connectivity index is 2.61. The van der Waals surface area contributed by atoms with Crippen LogP contribution in [0.5, 0.6) is 0 Å². The predicted octanol–water partition coefficient (Wildman–Crippen LogP) is 2.21. The van der Waals surface area contributed by atoms with E-state index >= 15 is 0 Å². The maximum absolute atomic E-state index is 11.8. The average Bonchev–Trinajstić information content (AvgIpc) is 2.48. The van der Waals surface area contributed by atoms with Crippen molar-refractivity contribution < 1.29 is 9.59 Å². The molecule has 3 heteroatoms. The predicted molar refractivity (Wildman–Crippen MR) is 59.2 cm³/mol. The van der Waals surface area contributed by atoms with Crippen LogP contribution in [0.25, 0.3) is 0 Å². The maximum Gasteiger partial charge on any atom is 0.232 e. The van der Waals surface area contributed by atoms with Gasteiger partial charge in [-0.2, -0.15) is 0 Å². The summed E-state index contributed by atoms with van der Waals surface area (Å²) in [6.45, 7) is 4.26. The molecule has 1 fully saturated rings. The van der Waals surface area contributed by atoms with Crippen molar-refractivity contribution >= 4 is 11.8 Å². The summed E-state index contributed by atoms with van der Waals surface area (Å²) in [6, 6.07) is 0. The van der Waals surface area contributed by atoms with Crippen molar-refractivity contribution in [2.24, 2.45) is 11.8 Å². The molecule has 2 atom stereocenters. The number of likely N-dealkylation sites (tertiary alicyclic amines) is 1. The minimum Gasteiger partial charge on any atom is -0.285 e. The van der Waals surface area contributed by atoms with Crippen molar-refractivity contribution in [3.63, 3.8) is 0 Å². The molecule has 0 spiro atoms. The van der Waals surface area contributed by atoms with E-state index < -0.39 is 0 Å². The minimum atomic E-state index is -0.0425. The summed E-state index contributed by atoms with van der Waals surface area (Å²) in [7, 11) is 1.59. The second kappa shape index (κ2) is 5.29. The summed E-state index contributed by atoms with van der Waals surface area (Å²) >= 11 is 0. The van der Waals surface area contributed by atoms with Crippen molar-refractivity contribution in [1.29, 1.82) is 0 Å². The minimum absolute atomic E-state index is 0.0139. The van der Waals surface area contributed by atoms with Gasteiger partial charge in [-0.1, -0.05) is 33.1 Å². The van der Waals surface area contributed by atoms with Gasteiger partial charge in [-0.3, -0.25) is 14.5 Å². The number of hydrogen-bond acceptors (Lipinski definition) is 2. The third-order valence-electron chi connectivity index (χ3n) is 3.44. The number of carbonyl (C=O) groups is 2. The van der Waals surface area contributed by atoms with Gasteiger partial charge in [0.05, 0.1) is 5.92 Å². The summed E-state index contributed by atoms with van der Waals surface area (Å²) < 4.78 is 0. The zero-order valence-corrected chi connectivity index (χ0v) is 9.95. The second-order valence-corrected chi connectivity index (χ2v) is 4.41. The van der Waals surface area contributed by atoms with Gasteiger partial charge in [0.2, 0.25) is 11.8 Å². The van der Waals surface area contributed by atoms with Gasteiger partial charge in [0.15, 0.2) is 0 Å². The normalized spacial score (nSPS) is 23.7. The highest BCUT2D eigenvalue weighted by atomic mass is 16.2. The Morgan fingerprint density at radius 3 is 2.47 bits per heavy atom. The van der Waals surface area contributed by atoms with E-state index in [9.17, 15) is 9.59 Å². The standard InChI is InChI=1S/C12H21NO2/c1-4-6-7-9(5-2)10-8-11(14)13(3)12(10)15/h9-10H,4-8H2,1-3H3. The molecule has 0 aromatic heterocycles. The van der Waals surface area contributed by atoms with E-state index in [4.69, 9.17) is 0 Å². The number of imide groups is 1. The van der Waals surface area contributed by atoms with Gasteiger partial charge in [0.25, 0.3) is 0 Å². The van der Waals surface area contributed by atoms with Crippen LogP contribution >= 0.6 is 0 Å². The van der Waals surface area contributed by atoms with Gasteiger partial charge in [0, 0.05) is 13.5 Å². The molecule has 1 heterocycles. The van der Waals surface area contributed by atoms with Crippen LogP contribution in [0, 0.1) is 11.8 Å². The van der Waals surface area contributed by atoms with Crippen molar-refractivity contribution in [3.8, 4) is 0 Å². The first-order valence-electron chi connectivity index (χ1n) is 5.92. The van der Waals surface area contributed by atoms with Crippen LogP contribution in [0.3, 0.4) is 0 Å². The molecular weight excluding hydrogens is 190 g/mol. The van der Waals surface area contributed by atoms with Crippen molar-refractivity contribution in [1.82, 2.24) is 4.90 Å². The molecule has 1 aliphatic heterocycles. The Morgan fingerprint density at radius 2 is 2.07 bits per heavy atom. The molecule has 0 aromatic rings. The molecule has 3 nitrogen and oxygen atoms in total. The van der Waals surface area contributed by atoms with Crippen molar-refractivity contribution in [3.05, 3.63) is 0 Å². The Morgan fingerprint density at radius 1 is 1.40 bits per heavy atom. The number of nitrogens with zero attached hydrogens (tertiary/aromatic N) is 1. The highest BCUT2D eigenvalue weighted by molar-refractivity contribution is 6.03. The van der Waals surface area contributed by atoms with E-state index in [1.54, 1.807) is 7.05 Å². The highest BCUT2D eigenvalue weighted by Gasteiger charge is 2.39. The van der Waals surface area contributed by atoms with Crippen molar-refractivity contribution in [2.75, 3.05) is 7.05 Å². The van der Waals surface area contributed by atoms with Crippen molar-refractivity contribution in [2.45, 2.75) is 46.0 Å². The molecule has 0 N–H and O–H groups in total. The Labute approximate surface area is 91.8 Å². The molecule has 2 unspecified atom stereocenters. The summed E-state index contributed by atoms with van der Waals surface area (Å²) in [4.78, 5) is 24.5. The first kappa shape index (κ1) is 12.2. The van der Waals surface area contributed by atoms with E-state index in [2.05, 4.69) is 13.8 Å². The molecule has 15 heavy (non-hydrogen) atoms. The molecule has 0 radical (unpaired) electrons. The summed E-state index contributed by atoms with van der Waals surface area (Å²) in [5, 5.41) is 0. The molecule has 0 saturated carbocycles. The van der Waals surface area contributed by atoms with Crippen LogP contribution in [0.4, 0.5) is 0 Å². The smallest absolute Gasteiger partial charge is 0.232 e. The monoisotopic (exact) mass is 211 g/mol. The molecule has 2 amide bonds. The fourth-order valence-corrected chi connectivity index (χ4v) is 2.31. The maximum atomic E-state index is 11.8. The molecule has 1 aliphatic rings. The van der Waals surface area contributed by atoms with Crippen LogP contribution in [0.1, 0.15) is 46.0 Å². The zero-order valence-electron chi connectivity index (χ0n) is 9.95. The number of carbonyl (C=O) groups excluding carboxylic acids is 2. The fraction of sp³-hybridized carbons (Fsp3) is 0.833. The largest absolute Gasteiger partial charge is 0.285 e. The number of hydrogen-bond donors (Lipinski definition) is 0. The van der Waals surface area contributed by atoms with Gasteiger partial charge in [-0.15, -0.1) is 0 Å². The van der Waals surface area contributed by atoms with Crippen LogP contribution in [-0.2, 0) is 9.59 Å². The Kier molecular flexibility index (Phi) is 4.30. The topological polar surface area (TPSA) is 37.4 Å². The lowest BCUT2D eigenvalue weighted by Gasteiger charge is -2.19. The molecule has 1 saturated heterocycles. The van der Waals surface area contributed by atoms with Crippen LogP contribution in [0.15, 0.2) is 0 Å². The molecular formula is C12H21NO2. The van der Waals surface area contributed by atoms with Gasteiger partial charge in [-0.05, 0) is 12.3 Å². The van der Waals surface area contributed by atoms with Crippen LogP contribution in [0.2, 0.25) is 0 Å². The van der Waals surface area contributed by atoms with Crippen LogP contribution < -0.4 is 0 Å². The van der Waals surface area contributed by atoms with E-state index in [1.807, 2.05) is 0 Å². The lowest BCUT2D eigenvalue weighted by molar-refractivity contribution is -0.138. The number of rotatable bonds is 5. The molecule has 0 aliphatic carbocycles. The molecule has 0 bridgehead atoms. The van der Waals surface area contributed by atoms with E-state index in [0.717, 1.165) is 25.7 Å².